The molecule has 8 nitrogen and oxygen atoms in total. The third-order valence-electron chi connectivity index (χ3n) is 5.42. The molecule has 0 heterocycles. The predicted octanol–water partition coefficient (Wildman–Crippen LogP) is 3.37. The average Bonchev–Trinajstić information content (AvgIpc) is 2.80. The Morgan fingerprint density at radius 2 is 1.79 bits per heavy atom. The van der Waals surface area contributed by atoms with Gasteiger partial charge in [-0.15, -0.1) is 0 Å². The van der Waals surface area contributed by atoms with Crippen LogP contribution in [0.1, 0.15) is 31.4 Å². The zero-order chi connectivity index (χ0) is 25.5. The van der Waals surface area contributed by atoms with E-state index in [1.807, 2.05) is 6.92 Å². The molecule has 10 heteroatoms. The van der Waals surface area contributed by atoms with Crippen LogP contribution in [0.2, 0.25) is 5.02 Å². The highest BCUT2D eigenvalue weighted by molar-refractivity contribution is 7.92. The summed E-state index contributed by atoms with van der Waals surface area (Å²) in [5.41, 5.74) is 1.63. The van der Waals surface area contributed by atoms with Gasteiger partial charge in [0.25, 0.3) is 0 Å². The Labute approximate surface area is 206 Å². The molecule has 0 saturated heterocycles. The number of hydrogen-bond donors (Lipinski definition) is 1. The Kier molecular flexibility index (Phi) is 9.76. The molecule has 2 aromatic rings. The summed E-state index contributed by atoms with van der Waals surface area (Å²) < 4.78 is 31.5. The number of nitrogens with one attached hydrogen (secondary N) is 1. The van der Waals surface area contributed by atoms with Crippen molar-refractivity contribution in [3.63, 3.8) is 0 Å². The number of halogens is 1. The summed E-state index contributed by atoms with van der Waals surface area (Å²) in [4.78, 5) is 27.6. The van der Waals surface area contributed by atoms with Crippen LogP contribution < -0.4 is 14.4 Å². The van der Waals surface area contributed by atoms with E-state index in [-0.39, 0.29) is 12.5 Å². The van der Waals surface area contributed by atoms with E-state index in [2.05, 4.69) is 5.32 Å². The van der Waals surface area contributed by atoms with Gasteiger partial charge in [0.05, 0.1) is 19.1 Å². The largest absolute Gasteiger partial charge is 0.497 e. The van der Waals surface area contributed by atoms with Crippen LogP contribution in [0.3, 0.4) is 0 Å². The highest BCUT2D eigenvalue weighted by Crippen LogP contribution is 2.28. The monoisotopic (exact) mass is 509 g/mol. The molecular weight excluding hydrogens is 478 g/mol. The lowest BCUT2D eigenvalue weighted by molar-refractivity contribution is -0.139. The van der Waals surface area contributed by atoms with Crippen molar-refractivity contribution >= 4 is 39.1 Å². The van der Waals surface area contributed by atoms with Crippen molar-refractivity contribution in [2.24, 2.45) is 0 Å². The summed E-state index contributed by atoms with van der Waals surface area (Å²) in [6, 6.07) is 11.2. The van der Waals surface area contributed by atoms with Crippen molar-refractivity contribution in [1.82, 2.24) is 10.2 Å². The molecular formula is C24H32ClN3O5S. The minimum absolute atomic E-state index is 0.121. The second-order valence-corrected chi connectivity index (χ2v) is 10.3. The molecule has 0 bridgehead atoms. The summed E-state index contributed by atoms with van der Waals surface area (Å²) in [6.45, 7) is 5.38. The lowest BCUT2D eigenvalue weighted by Crippen LogP contribution is -2.51. The van der Waals surface area contributed by atoms with Crippen LogP contribution in [-0.4, -0.2) is 57.6 Å². The standard InChI is InChI=1S/C24H32ClN3O5S/c1-6-14-26-24(30)18(3)27(15-19-10-12-20(33-4)13-11-19)23(29)16-28(34(5,31)32)22-9-7-8-21(25)17(22)2/h7-13,18H,6,14-16H2,1-5H3,(H,26,30)/t18-/m1/s1. The number of hydrogen-bond acceptors (Lipinski definition) is 5. The number of rotatable bonds is 11. The number of amides is 2. The molecule has 0 spiro atoms. The van der Waals surface area contributed by atoms with Gasteiger partial charge in [-0.05, 0) is 55.7 Å². The third kappa shape index (κ3) is 7.11. The molecule has 0 saturated carbocycles. The smallest absolute Gasteiger partial charge is 0.244 e. The van der Waals surface area contributed by atoms with E-state index in [1.165, 1.54) is 4.90 Å². The van der Waals surface area contributed by atoms with Gasteiger partial charge < -0.3 is 15.0 Å². The molecule has 2 amide bonds. The number of sulfonamides is 1. The normalized spacial score (nSPS) is 12.1. The predicted molar refractivity (Wildman–Crippen MR) is 135 cm³/mol. The van der Waals surface area contributed by atoms with Crippen molar-refractivity contribution in [3.05, 3.63) is 58.6 Å². The molecule has 34 heavy (non-hydrogen) atoms. The fourth-order valence-corrected chi connectivity index (χ4v) is 4.44. The van der Waals surface area contributed by atoms with Gasteiger partial charge in [-0.3, -0.25) is 13.9 Å². The van der Waals surface area contributed by atoms with Gasteiger partial charge in [-0.2, -0.15) is 0 Å². The van der Waals surface area contributed by atoms with Crippen molar-refractivity contribution in [1.29, 1.82) is 0 Å². The Morgan fingerprint density at radius 3 is 2.35 bits per heavy atom. The highest BCUT2D eigenvalue weighted by Gasteiger charge is 2.30. The SMILES string of the molecule is CCCNC(=O)[C@@H](C)N(Cc1ccc(OC)cc1)C(=O)CN(c1cccc(Cl)c1C)S(C)(=O)=O. The maximum atomic E-state index is 13.5. The van der Waals surface area contributed by atoms with E-state index in [0.717, 1.165) is 22.5 Å². The molecule has 0 aliphatic heterocycles. The van der Waals surface area contributed by atoms with Crippen LogP contribution in [0.25, 0.3) is 0 Å². The number of benzene rings is 2. The third-order valence-corrected chi connectivity index (χ3v) is 6.95. The van der Waals surface area contributed by atoms with Crippen molar-refractivity contribution < 1.29 is 22.7 Å². The number of carbonyl (C=O) groups excluding carboxylic acids is 2. The van der Waals surface area contributed by atoms with Crippen molar-refractivity contribution in [3.8, 4) is 5.75 Å². The number of nitrogens with zero attached hydrogens (tertiary/aromatic N) is 2. The number of anilines is 1. The Bertz CT molecular complexity index is 1110. The molecule has 0 fully saturated rings. The van der Waals surface area contributed by atoms with E-state index in [4.69, 9.17) is 16.3 Å². The highest BCUT2D eigenvalue weighted by atomic mass is 35.5. The van der Waals surface area contributed by atoms with Gasteiger partial charge in [0.15, 0.2) is 0 Å². The maximum absolute atomic E-state index is 13.5. The Hall–Kier alpha value is -2.78. The first-order valence-electron chi connectivity index (χ1n) is 10.9. The van der Waals surface area contributed by atoms with E-state index in [9.17, 15) is 18.0 Å². The number of ether oxygens (including phenoxy) is 1. The zero-order valence-corrected chi connectivity index (χ0v) is 21.7. The summed E-state index contributed by atoms with van der Waals surface area (Å²) in [5.74, 6) is -0.164. The van der Waals surface area contributed by atoms with Crippen LogP contribution in [-0.2, 0) is 26.2 Å². The van der Waals surface area contributed by atoms with E-state index in [1.54, 1.807) is 63.4 Å². The second kappa shape index (κ2) is 12.1. The molecule has 1 atom stereocenters. The van der Waals surface area contributed by atoms with Gasteiger partial charge >= 0.3 is 0 Å². The molecule has 0 aromatic heterocycles. The lowest BCUT2D eigenvalue weighted by Gasteiger charge is -2.32. The number of methoxy groups -OCH3 is 1. The summed E-state index contributed by atoms with van der Waals surface area (Å²) >= 11 is 6.20. The first kappa shape index (κ1) is 27.5. The van der Waals surface area contributed by atoms with Gasteiger partial charge in [-0.25, -0.2) is 8.42 Å². The van der Waals surface area contributed by atoms with E-state index < -0.39 is 28.5 Å². The van der Waals surface area contributed by atoms with Gasteiger partial charge in [0, 0.05) is 18.1 Å². The first-order valence-corrected chi connectivity index (χ1v) is 13.1. The molecule has 2 aromatic carbocycles. The first-order chi connectivity index (χ1) is 16.0. The molecule has 0 unspecified atom stereocenters. The molecule has 186 valence electrons. The second-order valence-electron chi connectivity index (χ2n) is 7.99. The van der Waals surface area contributed by atoms with Crippen molar-refractivity contribution in [2.75, 3.05) is 30.8 Å². The minimum Gasteiger partial charge on any atom is -0.497 e. The molecule has 2 rings (SSSR count). The van der Waals surface area contributed by atoms with Crippen LogP contribution in [0.5, 0.6) is 5.75 Å². The van der Waals surface area contributed by atoms with Crippen molar-refractivity contribution in [2.45, 2.75) is 39.8 Å². The summed E-state index contributed by atoms with van der Waals surface area (Å²) in [5, 5.41) is 3.19. The summed E-state index contributed by atoms with van der Waals surface area (Å²) in [6.07, 6.45) is 1.78. The fraction of sp³-hybridized carbons (Fsp3) is 0.417. The van der Waals surface area contributed by atoms with Crippen LogP contribution >= 0.6 is 11.6 Å². The summed E-state index contributed by atoms with van der Waals surface area (Å²) in [7, 11) is -2.26. The Balaban J connectivity index is 2.40. The quantitative estimate of drug-likeness (QED) is 0.501. The maximum Gasteiger partial charge on any atom is 0.244 e. The van der Waals surface area contributed by atoms with Gasteiger partial charge in [0.1, 0.15) is 18.3 Å². The lowest BCUT2D eigenvalue weighted by atomic mass is 10.1. The van der Waals surface area contributed by atoms with Crippen LogP contribution in [0.4, 0.5) is 5.69 Å². The fourth-order valence-electron chi connectivity index (χ4n) is 3.37. The molecule has 0 aliphatic rings. The number of carbonyl (C=O) groups is 2. The van der Waals surface area contributed by atoms with E-state index >= 15 is 0 Å². The van der Waals surface area contributed by atoms with Crippen LogP contribution in [0, 0.1) is 6.92 Å². The molecule has 0 aliphatic carbocycles. The topological polar surface area (TPSA) is 96.0 Å². The zero-order valence-electron chi connectivity index (χ0n) is 20.2. The average molecular weight is 510 g/mol. The minimum atomic E-state index is -3.82. The molecule has 0 radical (unpaired) electrons. The van der Waals surface area contributed by atoms with Crippen LogP contribution in [0.15, 0.2) is 42.5 Å². The molecule has 1 N–H and O–H groups in total. The van der Waals surface area contributed by atoms with E-state index in [0.29, 0.717) is 28.6 Å². The Morgan fingerprint density at radius 1 is 1.15 bits per heavy atom. The van der Waals surface area contributed by atoms with Gasteiger partial charge in [0.2, 0.25) is 21.8 Å². The van der Waals surface area contributed by atoms with Gasteiger partial charge in [-0.1, -0.05) is 36.7 Å².